The lowest BCUT2D eigenvalue weighted by atomic mass is 9.77. The van der Waals surface area contributed by atoms with Crippen LogP contribution in [0.25, 0.3) is 0 Å². The molecular formula is C9H13NO5. The van der Waals surface area contributed by atoms with Crippen LogP contribution in [0.3, 0.4) is 0 Å². The Kier molecular flexibility index (Phi) is 3.28. The largest absolute Gasteiger partial charge is 0.481 e. The molecule has 0 spiro atoms. The van der Waals surface area contributed by atoms with Gasteiger partial charge in [-0.25, -0.2) is 0 Å². The molecule has 6 nitrogen and oxygen atoms in total. The zero-order valence-electron chi connectivity index (χ0n) is 8.15. The minimum atomic E-state index is -1.10. The highest BCUT2D eigenvalue weighted by Crippen LogP contribution is 2.32. The average molecular weight is 215 g/mol. The Balaban J connectivity index is 2.67. The molecule has 1 amide bonds. The number of carbonyl (C=O) groups is 3. The Labute approximate surface area is 86.3 Å². The van der Waals surface area contributed by atoms with Gasteiger partial charge in [-0.2, -0.15) is 0 Å². The first-order valence-corrected chi connectivity index (χ1v) is 4.68. The summed E-state index contributed by atoms with van der Waals surface area (Å²) in [4.78, 5) is 32.3. The van der Waals surface area contributed by atoms with Crippen LogP contribution in [-0.2, 0) is 14.4 Å². The molecule has 1 aliphatic heterocycles. The van der Waals surface area contributed by atoms with Gasteiger partial charge in [-0.3, -0.25) is 14.4 Å². The van der Waals surface area contributed by atoms with Crippen molar-refractivity contribution in [3.63, 3.8) is 0 Å². The summed E-state index contributed by atoms with van der Waals surface area (Å²) in [5.41, 5.74) is -1.10. The van der Waals surface area contributed by atoms with Crippen LogP contribution >= 0.6 is 0 Å². The first-order valence-electron chi connectivity index (χ1n) is 4.68. The van der Waals surface area contributed by atoms with Gasteiger partial charge in [0.25, 0.3) is 0 Å². The number of rotatable bonds is 4. The number of carbonyl (C=O) groups excluding carboxylic acids is 1. The standard InChI is InChI=1S/C9H13NO5/c11-6-1-3-9(5-10-6,8(14)15)4-2-7(12)13/h1-5H2,(H,10,11)(H,12,13)(H,14,15)/t9-/m0/s1. The topological polar surface area (TPSA) is 104 Å². The molecule has 3 N–H and O–H groups in total. The van der Waals surface area contributed by atoms with E-state index in [4.69, 9.17) is 10.2 Å². The van der Waals surface area contributed by atoms with E-state index in [-0.39, 0.29) is 38.1 Å². The third-order valence-electron chi connectivity index (χ3n) is 2.73. The van der Waals surface area contributed by atoms with Gasteiger partial charge in [-0.05, 0) is 12.8 Å². The first-order chi connectivity index (χ1) is 6.96. The molecule has 15 heavy (non-hydrogen) atoms. The Morgan fingerprint density at radius 3 is 2.47 bits per heavy atom. The van der Waals surface area contributed by atoms with Crippen LogP contribution in [0, 0.1) is 5.41 Å². The van der Waals surface area contributed by atoms with E-state index in [0.29, 0.717) is 0 Å². The fourth-order valence-electron chi connectivity index (χ4n) is 1.65. The molecular weight excluding hydrogens is 202 g/mol. The van der Waals surface area contributed by atoms with Crippen molar-refractivity contribution >= 4 is 17.8 Å². The van der Waals surface area contributed by atoms with Gasteiger partial charge < -0.3 is 15.5 Å². The Hall–Kier alpha value is -1.59. The smallest absolute Gasteiger partial charge is 0.311 e. The fourth-order valence-corrected chi connectivity index (χ4v) is 1.65. The molecule has 0 aromatic heterocycles. The Morgan fingerprint density at radius 1 is 1.40 bits per heavy atom. The lowest BCUT2D eigenvalue weighted by Gasteiger charge is -2.32. The van der Waals surface area contributed by atoms with E-state index in [1.807, 2.05) is 0 Å². The number of hydrogen-bond donors (Lipinski definition) is 3. The SMILES string of the molecule is O=C(O)CC[C@@]1(C(=O)O)CCC(=O)NC1. The molecule has 0 saturated carbocycles. The van der Waals surface area contributed by atoms with E-state index in [0.717, 1.165) is 0 Å². The fraction of sp³-hybridized carbons (Fsp3) is 0.667. The van der Waals surface area contributed by atoms with Crippen LogP contribution in [0.4, 0.5) is 0 Å². The summed E-state index contributed by atoms with van der Waals surface area (Å²) in [5, 5.41) is 20.0. The molecule has 0 unspecified atom stereocenters. The van der Waals surface area contributed by atoms with E-state index in [1.165, 1.54) is 0 Å². The van der Waals surface area contributed by atoms with Gasteiger partial charge in [0.05, 0.1) is 5.41 Å². The van der Waals surface area contributed by atoms with Crippen molar-refractivity contribution < 1.29 is 24.6 Å². The number of aliphatic carboxylic acids is 2. The van der Waals surface area contributed by atoms with Gasteiger partial charge in [0.2, 0.25) is 5.91 Å². The monoisotopic (exact) mass is 215 g/mol. The van der Waals surface area contributed by atoms with Crippen LogP contribution in [-0.4, -0.2) is 34.6 Å². The maximum Gasteiger partial charge on any atom is 0.311 e. The van der Waals surface area contributed by atoms with Crippen LogP contribution in [0.5, 0.6) is 0 Å². The predicted molar refractivity (Wildman–Crippen MR) is 49.2 cm³/mol. The number of amides is 1. The molecule has 0 aromatic carbocycles. The van der Waals surface area contributed by atoms with E-state index < -0.39 is 17.4 Å². The van der Waals surface area contributed by atoms with Crippen molar-refractivity contribution in [3.05, 3.63) is 0 Å². The van der Waals surface area contributed by atoms with Crippen molar-refractivity contribution in [3.8, 4) is 0 Å². The van der Waals surface area contributed by atoms with Gasteiger partial charge in [-0.1, -0.05) is 0 Å². The van der Waals surface area contributed by atoms with Crippen LogP contribution in [0.1, 0.15) is 25.7 Å². The average Bonchev–Trinajstić information content (AvgIpc) is 2.17. The maximum absolute atomic E-state index is 11.1. The molecule has 1 heterocycles. The van der Waals surface area contributed by atoms with Crippen molar-refractivity contribution in [2.24, 2.45) is 5.41 Å². The summed E-state index contributed by atoms with van der Waals surface area (Å²) >= 11 is 0. The summed E-state index contributed by atoms with van der Waals surface area (Å²) in [6.45, 7) is 0.0223. The van der Waals surface area contributed by atoms with Crippen LogP contribution in [0.2, 0.25) is 0 Å². The minimum Gasteiger partial charge on any atom is -0.481 e. The molecule has 6 heteroatoms. The van der Waals surface area contributed by atoms with Crippen molar-refractivity contribution in [2.75, 3.05) is 6.54 Å². The summed E-state index contributed by atoms with van der Waals surface area (Å²) in [5.74, 6) is -2.24. The van der Waals surface area contributed by atoms with Crippen molar-refractivity contribution in [2.45, 2.75) is 25.7 Å². The van der Waals surface area contributed by atoms with Gasteiger partial charge in [0.15, 0.2) is 0 Å². The molecule has 0 aromatic rings. The summed E-state index contributed by atoms with van der Waals surface area (Å²) in [7, 11) is 0. The number of nitrogens with one attached hydrogen (secondary N) is 1. The first kappa shape index (κ1) is 11.5. The molecule has 84 valence electrons. The third-order valence-corrected chi connectivity index (χ3v) is 2.73. The highest BCUT2D eigenvalue weighted by Gasteiger charge is 2.41. The van der Waals surface area contributed by atoms with Gasteiger partial charge in [0, 0.05) is 19.4 Å². The van der Waals surface area contributed by atoms with E-state index in [9.17, 15) is 14.4 Å². The molecule has 1 fully saturated rings. The Bertz CT molecular complexity index is 289. The molecule has 1 rings (SSSR count). The summed E-state index contributed by atoms with van der Waals surface area (Å²) < 4.78 is 0. The normalized spacial score (nSPS) is 25.7. The van der Waals surface area contributed by atoms with Gasteiger partial charge in [0.1, 0.15) is 0 Å². The molecule has 1 atom stereocenters. The second-order valence-corrected chi connectivity index (χ2v) is 3.76. The Morgan fingerprint density at radius 2 is 2.07 bits per heavy atom. The zero-order chi connectivity index (χ0) is 11.5. The second-order valence-electron chi connectivity index (χ2n) is 3.76. The quantitative estimate of drug-likeness (QED) is 0.604. The third kappa shape index (κ3) is 2.68. The van der Waals surface area contributed by atoms with Crippen LogP contribution in [0.15, 0.2) is 0 Å². The molecule has 1 aliphatic rings. The molecule has 0 aliphatic carbocycles. The van der Waals surface area contributed by atoms with Crippen molar-refractivity contribution in [1.29, 1.82) is 0 Å². The number of carboxylic acid groups (broad SMARTS) is 2. The van der Waals surface area contributed by atoms with E-state index in [2.05, 4.69) is 5.32 Å². The van der Waals surface area contributed by atoms with Gasteiger partial charge >= 0.3 is 11.9 Å². The molecule has 1 saturated heterocycles. The minimum absolute atomic E-state index is 0.0223. The zero-order valence-corrected chi connectivity index (χ0v) is 8.15. The summed E-state index contributed by atoms with van der Waals surface area (Å²) in [6.07, 6.45) is 0.216. The maximum atomic E-state index is 11.1. The second kappa shape index (κ2) is 4.29. The predicted octanol–water partition coefficient (Wildman–Crippen LogP) is -0.168. The van der Waals surface area contributed by atoms with E-state index >= 15 is 0 Å². The number of carboxylic acids is 2. The van der Waals surface area contributed by atoms with Crippen LogP contribution < -0.4 is 5.32 Å². The number of hydrogen-bond acceptors (Lipinski definition) is 3. The summed E-state index contributed by atoms with van der Waals surface area (Å²) in [6, 6.07) is 0. The lowest BCUT2D eigenvalue weighted by Crippen LogP contribution is -2.48. The highest BCUT2D eigenvalue weighted by atomic mass is 16.4. The molecule has 0 bridgehead atoms. The van der Waals surface area contributed by atoms with Gasteiger partial charge in [-0.15, -0.1) is 0 Å². The lowest BCUT2D eigenvalue weighted by molar-refractivity contribution is -0.152. The number of piperidine rings is 1. The van der Waals surface area contributed by atoms with Crippen molar-refractivity contribution in [1.82, 2.24) is 5.32 Å². The molecule has 0 radical (unpaired) electrons. The highest BCUT2D eigenvalue weighted by molar-refractivity contribution is 5.83. The van der Waals surface area contributed by atoms with E-state index in [1.54, 1.807) is 0 Å².